The van der Waals surface area contributed by atoms with Crippen molar-refractivity contribution in [3.05, 3.63) is 29.6 Å². The fourth-order valence-corrected chi connectivity index (χ4v) is 0.994. The van der Waals surface area contributed by atoms with Gasteiger partial charge in [0.05, 0.1) is 6.61 Å². The van der Waals surface area contributed by atoms with Crippen LogP contribution in [0.5, 0.6) is 0 Å². The van der Waals surface area contributed by atoms with Gasteiger partial charge in [0.15, 0.2) is 0 Å². The van der Waals surface area contributed by atoms with Crippen molar-refractivity contribution in [3.8, 4) is 0 Å². The maximum atomic E-state index is 4.97. The number of rotatable bonds is 3. The van der Waals surface area contributed by atoms with Crippen molar-refractivity contribution >= 4 is 0 Å². The van der Waals surface area contributed by atoms with Crippen molar-refractivity contribution < 1.29 is 4.74 Å². The lowest BCUT2D eigenvalue weighted by Crippen LogP contribution is -1.97. The van der Waals surface area contributed by atoms with E-state index in [9.17, 15) is 0 Å². The number of ether oxygens (including phenoxy) is 1. The zero-order chi connectivity index (χ0) is 8.10. The highest BCUT2D eigenvalue weighted by atomic mass is 16.5. The molecule has 0 saturated carbocycles. The molecule has 0 saturated heterocycles. The second-order valence-electron chi connectivity index (χ2n) is 2.49. The molecule has 0 aliphatic rings. The lowest BCUT2D eigenvalue weighted by atomic mass is 10.1. The fraction of sp³-hybridized carbons (Fsp3) is 0.444. The maximum Gasteiger partial charge on any atom is 0.0503 e. The highest BCUT2D eigenvalue weighted by Crippen LogP contribution is 2.03. The largest absolute Gasteiger partial charge is 0.384 e. The maximum absolute atomic E-state index is 4.97. The minimum absolute atomic E-state index is 0.770. The van der Waals surface area contributed by atoms with E-state index in [-0.39, 0.29) is 0 Å². The Hall–Kier alpha value is -0.890. The van der Waals surface area contributed by atoms with Crippen molar-refractivity contribution in [2.24, 2.45) is 0 Å². The Bertz CT molecular complexity index is 223. The zero-order valence-electron chi connectivity index (χ0n) is 7.00. The molecule has 2 nitrogen and oxygen atoms in total. The second kappa shape index (κ2) is 4.09. The smallest absolute Gasteiger partial charge is 0.0503 e. The van der Waals surface area contributed by atoms with Gasteiger partial charge in [-0.05, 0) is 25.0 Å². The van der Waals surface area contributed by atoms with Crippen LogP contribution in [-0.4, -0.2) is 18.7 Å². The minimum Gasteiger partial charge on any atom is -0.384 e. The standard InChI is InChI=1S/C9H13NO/c1-8-9(5-7-11-2)4-3-6-10-8/h3-4,6H,5,7H2,1-2H3. The van der Waals surface area contributed by atoms with Gasteiger partial charge in [-0.1, -0.05) is 6.07 Å². The summed E-state index contributed by atoms with van der Waals surface area (Å²) in [4.78, 5) is 4.18. The Morgan fingerprint density at radius 3 is 3.00 bits per heavy atom. The molecule has 0 unspecified atom stereocenters. The van der Waals surface area contributed by atoms with Crippen molar-refractivity contribution in [3.63, 3.8) is 0 Å². The highest BCUT2D eigenvalue weighted by Gasteiger charge is 1.95. The molecule has 0 spiro atoms. The molecular formula is C9H13NO. The molecule has 1 heterocycles. The number of hydrogen-bond acceptors (Lipinski definition) is 2. The van der Waals surface area contributed by atoms with E-state index in [0.717, 1.165) is 18.7 Å². The summed E-state index contributed by atoms with van der Waals surface area (Å²) in [5.41, 5.74) is 2.37. The molecular weight excluding hydrogens is 138 g/mol. The molecule has 1 rings (SSSR count). The Labute approximate surface area is 67.2 Å². The Kier molecular flexibility index (Phi) is 3.05. The Morgan fingerprint density at radius 2 is 2.36 bits per heavy atom. The van der Waals surface area contributed by atoms with Crippen LogP contribution in [0.25, 0.3) is 0 Å². The Morgan fingerprint density at radius 1 is 1.55 bits per heavy atom. The summed E-state index contributed by atoms with van der Waals surface area (Å²) in [6, 6.07) is 4.04. The van der Waals surface area contributed by atoms with E-state index in [1.54, 1.807) is 7.11 Å². The van der Waals surface area contributed by atoms with Gasteiger partial charge < -0.3 is 4.74 Å². The average molecular weight is 151 g/mol. The topological polar surface area (TPSA) is 22.1 Å². The van der Waals surface area contributed by atoms with E-state index in [2.05, 4.69) is 11.1 Å². The number of aryl methyl sites for hydroxylation is 1. The monoisotopic (exact) mass is 151 g/mol. The summed E-state index contributed by atoms with van der Waals surface area (Å²) in [5.74, 6) is 0. The third kappa shape index (κ3) is 2.31. The van der Waals surface area contributed by atoms with Gasteiger partial charge in [-0.2, -0.15) is 0 Å². The van der Waals surface area contributed by atoms with Crippen LogP contribution in [0.3, 0.4) is 0 Å². The van der Waals surface area contributed by atoms with Gasteiger partial charge >= 0.3 is 0 Å². The molecule has 0 atom stereocenters. The third-order valence-electron chi connectivity index (χ3n) is 1.69. The molecule has 1 aromatic heterocycles. The molecule has 0 fully saturated rings. The molecule has 2 heteroatoms. The minimum atomic E-state index is 0.770. The summed E-state index contributed by atoms with van der Waals surface area (Å²) < 4.78 is 4.97. The summed E-state index contributed by atoms with van der Waals surface area (Å²) in [6.07, 6.45) is 2.77. The van der Waals surface area contributed by atoms with Gasteiger partial charge in [0.25, 0.3) is 0 Å². The zero-order valence-corrected chi connectivity index (χ0v) is 7.00. The predicted molar refractivity (Wildman–Crippen MR) is 44.6 cm³/mol. The van der Waals surface area contributed by atoms with Crippen LogP contribution < -0.4 is 0 Å². The molecule has 0 amide bonds. The van der Waals surface area contributed by atoms with Crippen LogP contribution in [0.15, 0.2) is 18.3 Å². The quantitative estimate of drug-likeness (QED) is 0.654. The fourth-order valence-electron chi connectivity index (χ4n) is 0.994. The molecule has 0 aliphatic carbocycles. The summed E-state index contributed by atoms with van der Waals surface area (Å²) in [7, 11) is 1.71. The second-order valence-corrected chi connectivity index (χ2v) is 2.49. The van der Waals surface area contributed by atoms with Crippen molar-refractivity contribution in [2.75, 3.05) is 13.7 Å². The van der Waals surface area contributed by atoms with Gasteiger partial charge in [0, 0.05) is 19.0 Å². The van der Waals surface area contributed by atoms with Crippen LogP contribution in [0.2, 0.25) is 0 Å². The van der Waals surface area contributed by atoms with E-state index in [1.807, 2.05) is 19.2 Å². The molecule has 0 aliphatic heterocycles. The van der Waals surface area contributed by atoms with Gasteiger partial charge in [0.2, 0.25) is 0 Å². The number of nitrogens with zero attached hydrogens (tertiary/aromatic N) is 1. The average Bonchev–Trinajstić information content (AvgIpc) is 2.03. The first-order valence-electron chi connectivity index (χ1n) is 3.74. The first-order chi connectivity index (χ1) is 5.34. The third-order valence-corrected chi connectivity index (χ3v) is 1.69. The molecule has 0 bridgehead atoms. The van der Waals surface area contributed by atoms with Gasteiger partial charge in [0.1, 0.15) is 0 Å². The van der Waals surface area contributed by atoms with E-state index >= 15 is 0 Å². The van der Waals surface area contributed by atoms with Gasteiger partial charge in [-0.15, -0.1) is 0 Å². The van der Waals surface area contributed by atoms with Crippen LogP contribution in [-0.2, 0) is 11.2 Å². The van der Waals surface area contributed by atoms with Crippen LogP contribution in [0.4, 0.5) is 0 Å². The van der Waals surface area contributed by atoms with Crippen LogP contribution >= 0.6 is 0 Å². The number of pyridine rings is 1. The Balaban J connectivity index is 2.62. The summed E-state index contributed by atoms with van der Waals surface area (Å²) >= 11 is 0. The number of hydrogen-bond donors (Lipinski definition) is 0. The van der Waals surface area contributed by atoms with E-state index in [0.29, 0.717) is 0 Å². The lowest BCUT2D eigenvalue weighted by molar-refractivity contribution is 0.202. The highest BCUT2D eigenvalue weighted by molar-refractivity contribution is 5.18. The van der Waals surface area contributed by atoms with Crippen LogP contribution in [0.1, 0.15) is 11.3 Å². The summed E-state index contributed by atoms with van der Waals surface area (Å²) in [5, 5.41) is 0. The number of aromatic nitrogens is 1. The summed E-state index contributed by atoms with van der Waals surface area (Å²) in [6.45, 7) is 2.79. The molecule has 0 N–H and O–H groups in total. The molecule has 11 heavy (non-hydrogen) atoms. The first kappa shape index (κ1) is 8.21. The van der Waals surface area contributed by atoms with Crippen molar-refractivity contribution in [1.29, 1.82) is 0 Å². The van der Waals surface area contributed by atoms with Crippen molar-refractivity contribution in [1.82, 2.24) is 4.98 Å². The SMILES string of the molecule is COCCc1cccnc1C. The molecule has 0 aromatic carbocycles. The van der Waals surface area contributed by atoms with Gasteiger partial charge in [-0.25, -0.2) is 0 Å². The first-order valence-corrected chi connectivity index (χ1v) is 3.74. The predicted octanol–water partition coefficient (Wildman–Crippen LogP) is 1.58. The van der Waals surface area contributed by atoms with Crippen LogP contribution in [0, 0.1) is 6.92 Å². The molecule has 60 valence electrons. The normalized spacial score (nSPS) is 10.0. The van der Waals surface area contributed by atoms with Gasteiger partial charge in [-0.3, -0.25) is 4.98 Å². The molecule has 0 radical (unpaired) electrons. The number of methoxy groups -OCH3 is 1. The van der Waals surface area contributed by atoms with Crippen molar-refractivity contribution in [2.45, 2.75) is 13.3 Å². The molecule has 1 aromatic rings. The van der Waals surface area contributed by atoms with E-state index in [1.165, 1.54) is 5.56 Å². The van der Waals surface area contributed by atoms with E-state index < -0.39 is 0 Å². The lowest BCUT2D eigenvalue weighted by Gasteiger charge is -2.02. The van der Waals surface area contributed by atoms with E-state index in [4.69, 9.17) is 4.74 Å².